The minimum atomic E-state index is 0.618. The number of hydrogen-bond donors (Lipinski definition) is 1. The Labute approximate surface area is 163 Å². The van der Waals surface area contributed by atoms with Gasteiger partial charge >= 0.3 is 0 Å². The summed E-state index contributed by atoms with van der Waals surface area (Å²) in [5.74, 6) is 0.991. The lowest BCUT2D eigenvalue weighted by Gasteiger charge is -2.08. The number of aromatic nitrogens is 2. The molecule has 2 heterocycles. The van der Waals surface area contributed by atoms with Crippen molar-refractivity contribution in [2.75, 3.05) is 11.9 Å². The fraction of sp³-hybridized carbons (Fsp3) is 0.0833. The van der Waals surface area contributed by atoms with Crippen LogP contribution in [-0.2, 0) is 6.42 Å². The fourth-order valence-electron chi connectivity index (χ4n) is 3.78. The molecular formula is C24H18N4. The van der Waals surface area contributed by atoms with Gasteiger partial charge in [-0.1, -0.05) is 66.7 Å². The first-order chi connectivity index (χ1) is 13.8. The number of nitrogens with one attached hydrogen (secondary N) is 1. The Morgan fingerprint density at radius 1 is 0.821 bits per heavy atom. The smallest absolute Gasteiger partial charge is 0.133 e. The summed E-state index contributed by atoms with van der Waals surface area (Å²) in [7, 11) is 0. The van der Waals surface area contributed by atoms with E-state index in [9.17, 15) is 5.26 Å². The first kappa shape index (κ1) is 16.3. The molecule has 4 aromatic rings. The average molecular weight is 362 g/mol. The van der Waals surface area contributed by atoms with Gasteiger partial charge in [0.25, 0.3) is 0 Å². The van der Waals surface area contributed by atoms with E-state index in [1.807, 2.05) is 35.0 Å². The van der Waals surface area contributed by atoms with Crippen LogP contribution in [-0.4, -0.2) is 16.3 Å². The van der Waals surface area contributed by atoms with Crippen molar-refractivity contribution in [3.05, 3.63) is 90.0 Å². The van der Waals surface area contributed by atoms with E-state index in [0.717, 1.165) is 35.7 Å². The lowest BCUT2D eigenvalue weighted by molar-refractivity contribution is 0.879. The second-order valence-corrected chi connectivity index (χ2v) is 6.84. The molecule has 4 nitrogen and oxygen atoms in total. The molecule has 28 heavy (non-hydrogen) atoms. The van der Waals surface area contributed by atoms with Gasteiger partial charge < -0.3 is 5.32 Å². The molecule has 0 amide bonds. The summed E-state index contributed by atoms with van der Waals surface area (Å²) >= 11 is 0. The molecule has 1 N–H and O–H groups in total. The molecule has 1 aliphatic rings. The summed E-state index contributed by atoms with van der Waals surface area (Å²) in [5.41, 5.74) is 7.10. The highest BCUT2D eigenvalue weighted by Crippen LogP contribution is 2.35. The van der Waals surface area contributed by atoms with E-state index in [1.165, 1.54) is 16.7 Å². The van der Waals surface area contributed by atoms with E-state index in [-0.39, 0.29) is 0 Å². The number of nitriles is 1. The van der Waals surface area contributed by atoms with Crippen LogP contribution < -0.4 is 5.32 Å². The highest BCUT2D eigenvalue weighted by atomic mass is 15.3. The van der Waals surface area contributed by atoms with Gasteiger partial charge in [-0.25, -0.2) is 4.68 Å². The zero-order valence-corrected chi connectivity index (χ0v) is 15.3. The largest absolute Gasteiger partial charge is 0.369 e. The summed E-state index contributed by atoms with van der Waals surface area (Å²) in [6.07, 6.45) is 0.930. The predicted octanol–water partition coefficient (Wildman–Crippen LogP) is 5.05. The zero-order chi connectivity index (χ0) is 18.9. The van der Waals surface area contributed by atoms with Crippen LogP contribution in [0.25, 0.3) is 28.1 Å². The molecule has 0 aliphatic carbocycles. The topological polar surface area (TPSA) is 53.6 Å². The maximum absolute atomic E-state index is 9.48. The summed E-state index contributed by atoms with van der Waals surface area (Å²) in [6.45, 7) is 0.886. The van der Waals surface area contributed by atoms with Crippen molar-refractivity contribution in [3.8, 4) is 34.1 Å². The normalized spacial score (nSPS) is 12.2. The van der Waals surface area contributed by atoms with Crippen LogP contribution in [0.15, 0.2) is 78.9 Å². The van der Waals surface area contributed by atoms with E-state index in [4.69, 9.17) is 5.10 Å². The van der Waals surface area contributed by atoms with Gasteiger partial charge in [0, 0.05) is 17.7 Å². The van der Waals surface area contributed by atoms with Gasteiger partial charge in [-0.15, -0.1) is 0 Å². The highest BCUT2D eigenvalue weighted by Gasteiger charge is 2.24. The van der Waals surface area contributed by atoms with Gasteiger partial charge in [0.1, 0.15) is 11.9 Å². The SMILES string of the molecule is N#Cc1ccccc1-n1nc(-c2ccc(-c3ccccc3)cc2)c2c1NCC2. The van der Waals surface area contributed by atoms with E-state index in [0.29, 0.717) is 5.56 Å². The molecule has 0 saturated carbocycles. The Hall–Kier alpha value is -3.84. The molecule has 0 unspecified atom stereocenters. The summed E-state index contributed by atoms with van der Waals surface area (Å²) < 4.78 is 1.88. The molecule has 0 bridgehead atoms. The zero-order valence-electron chi connectivity index (χ0n) is 15.3. The monoisotopic (exact) mass is 362 g/mol. The molecule has 3 aromatic carbocycles. The number of benzene rings is 3. The number of anilines is 1. The third-order valence-electron chi connectivity index (χ3n) is 5.17. The molecule has 0 spiro atoms. The molecule has 0 atom stereocenters. The number of fused-ring (bicyclic) bond motifs is 1. The van der Waals surface area contributed by atoms with Crippen LogP contribution in [0.1, 0.15) is 11.1 Å². The van der Waals surface area contributed by atoms with Crippen molar-refractivity contribution in [1.82, 2.24) is 9.78 Å². The van der Waals surface area contributed by atoms with Crippen molar-refractivity contribution in [3.63, 3.8) is 0 Å². The lowest BCUT2D eigenvalue weighted by Crippen LogP contribution is -2.05. The second-order valence-electron chi connectivity index (χ2n) is 6.84. The minimum Gasteiger partial charge on any atom is -0.369 e. The van der Waals surface area contributed by atoms with Gasteiger partial charge in [-0.05, 0) is 29.7 Å². The van der Waals surface area contributed by atoms with Gasteiger partial charge in [-0.2, -0.15) is 10.4 Å². The Kier molecular flexibility index (Phi) is 3.92. The Balaban J connectivity index is 1.60. The molecule has 1 aliphatic heterocycles. The van der Waals surface area contributed by atoms with Crippen molar-refractivity contribution >= 4 is 5.82 Å². The first-order valence-corrected chi connectivity index (χ1v) is 9.36. The van der Waals surface area contributed by atoms with Crippen molar-refractivity contribution in [2.24, 2.45) is 0 Å². The summed E-state index contributed by atoms with van der Waals surface area (Å²) in [4.78, 5) is 0. The Morgan fingerprint density at radius 2 is 1.50 bits per heavy atom. The van der Waals surface area contributed by atoms with Crippen molar-refractivity contribution in [1.29, 1.82) is 5.26 Å². The molecule has 0 saturated heterocycles. The predicted molar refractivity (Wildman–Crippen MR) is 111 cm³/mol. The molecular weight excluding hydrogens is 344 g/mol. The Bertz CT molecular complexity index is 1180. The van der Waals surface area contributed by atoms with Crippen LogP contribution in [0.4, 0.5) is 5.82 Å². The highest BCUT2D eigenvalue weighted by molar-refractivity contribution is 5.75. The molecule has 4 heteroatoms. The van der Waals surface area contributed by atoms with E-state index < -0.39 is 0 Å². The molecule has 1 aromatic heterocycles. The van der Waals surface area contributed by atoms with Crippen molar-refractivity contribution in [2.45, 2.75) is 6.42 Å². The number of nitrogens with zero attached hydrogens (tertiary/aromatic N) is 3. The van der Waals surface area contributed by atoms with Crippen LogP contribution in [0.3, 0.4) is 0 Å². The average Bonchev–Trinajstić information content (AvgIpc) is 3.37. The van der Waals surface area contributed by atoms with Crippen LogP contribution in [0.5, 0.6) is 0 Å². The molecule has 134 valence electrons. The fourth-order valence-corrected chi connectivity index (χ4v) is 3.78. The quantitative estimate of drug-likeness (QED) is 0.555. The van der Waals surface area contributed by atoms with Crippen LogP contribution in [0, 0.1) is 11.3 Å². The van der Waals surface area contributed by atoms with Gasteiger partial charge in [0.05, 0.1) is 16.9 Å². The van der Waals surface area contributed by atoms with E-state index in [1.54, 1.807) is 0 Å². The number of rotatable bonds is 3. The standard InChI is InChI=1S/C24H18N4/c25-16-20-8-4-5-9-22(20)28-24-21(14-15-26-24)23(27-28)19-12-10-18(11-13-19)17-6-2-1-3-7-17/h1-13,26H,14-15H2. The van der Waals surface area contributed by atoms with Crippen LogP contribution in [0.2, 0.25) is 0 Å². The first-order valence-electron chi connectivity index (χ1n) is 9.36. The third-order valence-corrected chi connectivity index (χ3v) is 5.17. The molecule has 5 rings (SSSR count). The third kappa shape index (κ3) is 2.65. The summed E-state index contributed by atoms with van der Waals surface area (Å²) in [5, 5.41) is 17.8. The molecule has 0 fully saturated rings. The number of hydrogen-bond acceptors (Lipinski definition) is 3. The van der Waals surface area contributed by atoms with Gasteiger partial charge in [0.15, 0.2) is 0 Å². The van der Waals surface area contributed by atoms with Crippen LogP contribution >= 0.6 is 0 Å². The van der Waals surface area contributed by atoms with E-state index >= 15 is 0 Å². The number of para-hydroxylation sites is 1. The van der Waals surface area contributed by atoms with Gasteiger partial charge in [0.2, 0.25) is 0 Å². The maximum atomic E-state index is 9.48. The summed E-state index contributed by atoms with van der Waals surface area (Å²) in [6, 6.07) is 28.8. The van der Waals surface area contributed by atoms with Crippen molar-refractivity contribution < 1.29 is 0 Å². The minimum absolute atomic E-state index is 0.618. The van der Waals surface area contributed by atoms with Gasteiger partial charge in [-0.3, -0.25) is 0 Å². The maximum Gasteiger partial charge on any atom is 0.133 e. The van der Waals surface area contributed by atoms with E-state index in [2.05, 4.69) is 59.9 Å². The second kappa shape index (κ2) is 6.71. The molecule has 0 radical (unpaired) electrons. The lowest BCUT2D eigenvalue weighted by atomic mass is 10.0. The Morgan fingerprint density at radius 3 is 2.29 bits per heavy atom.